The number of likely N-dealkylation sites (tertiary alicyclic amines) is 1. The van der Waals surface area contributed by atoms with Gasteiger partial charge in [-0.25, -0.2) is 0 Å². The minimum atomic E-state index is -0.692. The van der Waals surface area contributed by atoms with E-state index in [-0.39, 0.29) is 6.61 Å². The van der Waals surface area contributed by atoms with E-state index < -0.39 is 17.5 Å². The van der Waals surface area contributed by atoms with E-state index in [9.17, 15) is 15.0 Å². The van der Waals surface area contributed by atoms with Gasteiger partial charge in [-0.1, -0.05) is 6.92 Å². The van der Waals surface area contributed by atoms with Crippen LogP contribution in [-0.2, 0) is 14.3 Å². The molecule has 1 fully saturated rings. The fourth-order valence-corrected chi connectivity index (χ4v) is 2.59. The van der Waals surface area contributed by atoms with Crippen LogP contribution in [0, 0.1) is 5.41 Å². The van der Waals surface area contributed by atoms with Crippen LogP contribution in [-0.4, -0.2) is 73.8 Å². The van der Waals surface area contributed by atoms with Crippen molar-refractivity contribution < 1.29 is 24.5 Å². The fraction of sp³-hybridized carbons (Fsp3) is 0.929. The number of aliphatic hydroxyl groups is 1. The van der Waals surface area contributed by atoms with Gasteiger partial charge in [-0.15, -0.1) is 0 Å². The van der Waals surface area contributed by atoms with E-state index in [2.05, 4.69) is 4.90 Å². The Bertz CT molecular complexity index is 289. The lowest BCUT2D eigenvalue weighted by atomic mass is 9.76. The first-order valence-electron chi connectivity index (χ1n) is 7.24. The lowest BCUT2D eigenvalue weighted by Gasteiger charge is -2.38. The highest BCUT2D eigenvalue weighted by Gasteiger charge is 2.39. The number of aliphatic hydroxyl groups excluding tert-OH is 1. The molecule has 0 amide bonds. The maximum atomic E-state index is 11.3. The topological polar surface area (TPSA) is 79.2 Å². The summed E-state index contributed by atoms with van der Waals surface area (Å²) < 4.78 is 10.1. The number of hydrogen-bond donors (Lipinski definition) is 2. The molecule has 0 aromatic heterocycles. The molecule has 0 aliphatic carbocycles. The van der Waals surface area contributed by atoms with Crippen molar-refractivity contribution in [2.24, 2.45) is 5.41 Å². The van der Waals surface area contributed by atoms with Crippen molar-refractivity contribution in [3.63, 3.8) is 0 Å². The number of piperidine rings is 1. The van der Waals surface area contributed by atoms with Gasteiger partial charge in [-0.05, 0) is 32.4 Å². The number of β-amino-alcohol motifs (C(OH)–C–C–N with tert-alkyl or cyclic N) is 1. The SMILES string of the molecule is CCC1(C(=O)O)CCN(CC(O)COCCOC)CC1. The summed E-state index contributed by atoms with van der Waals surface area (Å²) in [5, 5.41) is 19.2. The van der Waals surface area contributed by atoms with E-state index in [1.165, 1.54) is 0 Å². The van der Waals surface area contributed by atoms with E-state index >= 15 is 0 Å². The lowest BCUT2D eigenvalue weighted by molar-refractivity contribution is -0.152. The van der Waals surface area contributed by atoms with Gasteiger partial charge in [0.05, 0.1) is 31.3 Å². The number of aliphatic carboxylic acids is 1. The molecule has 2 N–H and O–H groups in total. The highest BCUT2D eigenvalue weighted by molar-refractivity contribution is 5.74. The molecular formula is C14H27NO5. The number of nitrogens with zero attached hydrogens (tertiary/aromatic N) is 1. The molecule has 0 spiro atoms. The van der Waals surface area contributed by atoms with Crippen molar-refractivity contribution >= 4 is 5.97 Å². The Labute approximate surface area is 120 Å². The number of methoxy groups -OCH3 is 1. The van der Waals surface area contributed by atoms with Crippen molar-refractivity contribution in [3.8, 4) is 0 Å². The van der Waals surface area contributed by atoms with Crippen LogP contribution in [0.25, 0.3) is 0 Å². The quantitative estimate of drug-likeness (QED) is 0.605. The Morgan fingerprint density at radius 2 is 2.00 bits per heavy atom. The predicted octanol–water partition coefficient (Wildman–Crippen LogP) is 0.587. The van der Waals surface area contributed by atoms with Gasteiger partial charge >= 0.3 is 5.97 Å². The van der Waals surface area contributed by atoms with Crippen LogP contribution in [0.5, 0.6) is 0 Å². The molecule has 1 saturated heterocycles. The van der Waals surface area contributed by atoms with E-state index in [1.54, 1.807) is 7.11 Å². The molecular weight excluding hydrogens is 262 g/mol. The first-order valence-corrected chi connectivity index (χ1v) is 7.24. The summed E-state index contributed by atoms with van der Waals surface area (Å²) in [6.07, 6.45) is 1.43. The first kappa shape index (κ1) is 17.4. The second kappa shape index (κ2) is 8.56. The third-order valence-electron chi connectivity index (χ3n) is 4.15. The summed E-state index contributed by atoms with van der Waals surface area (Å²) in [7, 11) is 1.61. The monoisotopic (exact) mass is 289 g/mol. The molecule has 1 heterocycles. The standard InChI is InChI=1S/C14H27NO5/c1-3-14(13(17)18)4-6-15(7-5-14)10-12(16)11-20-9-8-19-2/h12,16H,3-11H2,1-2H3,(H,17,18). The molecule has 1 aliphatic heterocycles. The summed E-state index contributed by atoms with van der Waals surface area (Å²) in [5.41, 5.74) is -0.573. The molecule has 0 aromatic rings. The second-order valence-electron chi connectivity index (χ2n) is 5.46. The highest BCUT2D eigenvalue weighted by atomic mass is 16.5. The lowest BCUT2D eigenvalue weighted by Crippen LogP contribution is -2.46. The Morgan fingerprint density at radius 3 is 2.50 bits per heavy atom. The zero-order valence-corrected chi connectivity index (χ0v) is 12.5. The molecule has 0 radical (unpaired) electrons. The zero-order chi connectivity index (χ0) is 15.0. The van der Waals surface area contributed by atoms with Gasteiger partial charge in [0.1, 0.15) is 0 Å². The summed E-state index contributed by atoms with van der Waals surface area (Å²) >= 11 is 0. The van der Waals surface area contributed by atoms with Crippen LogP contribution >= 0.6 is 0 Å². The summed E-state index contributed by atoms with van der Waals surface area (Å²) in [4.78, 5) is 13.5. The number of carbonyl (C=O) groups is 1. The van der Waals surface area contributed by atoms with E-state index in [4.69, 9.17) is 9.47 Å². The first-order chi connectivity index (χ1) is 9.54. The largest absolute Gasteiger partial charge is 0.481 e. The van der Waals surface area contributed by atoms with Crippen molar-refractivity contribution in [2.45, 2.75) is 32.3 Å². The van der Waals surface area contributed by atoms with Crippen LogP contribution in [0.15, 0.2) is 0 Å². The van der Waals surface area contributed by atoms with Gasteiger partial charge in [-0.3, -0.25) is 4.79 Å². The maximum Gasteiger partial charge on any atom is 0.309 e. The van der Waals surface area contributed by atoms with Crippen molar-refractivity contribution in [1.29, 1.82) is 0 Å². The molecule has 1 unspecified atom stereocenters. The van der Waals surface area contributed by atoms with Gasteiger partial charge in [0.25, 0.3) is 0 Å². The molecule has 1 atom stereocenters. The minimum Gasteiger partial charge on any atom is -0.481 e. The third-order valence-corrected chi connectivity index (χ3v) is 4.15. The molecule has 0 aromatic carbocycles. The number of carboxylic acid groups (broad SMARTS) is 1. The molecule has 0 saturated carbocycles. The van der Waals surface area contributed by atoms with Crippen LogP contribution in [0.2, 0.25) is 0 Å². The van der Waals surface area contributed by atoms with Crippen molar-refractivity contribution in [2.75, 3.05) is 46.6 Å². The van der Waals surface area contributed by atoms with Gasteiger partial charge in [0, 0.05) is 13.7 Å². The molecule has 6 nitrogen and oxygen atoms in total. The van der Waals surface area contributed by atoms with Crippen molar-refractivity contribution in [1.82, 2.24) is 4.90 Å². The smallest absolute Gasteiger partial charge is 0.309 e. The van der Waals surface area contributed by atoms with Crippen LogP contribution in [0.1, 0.15) is 26.2 Å². The van der Waals surface area contributed by atoms with Crippen LogP contribution in [0.4, 0.5) is 0 Å². The molecule has 0 bridgehead atoms. The molecule has 118 valence electrons. The summed E-state index contributed by atoms with van der Waals surface area (Å²) in [6.45, 7) is 5.19. The number of ether oxygens (including phenoxy) is 2. The predicted molar refractivity (Wildman–Crippen MR) is 74.7 cm³/mol. The average molecular weight is 289 g/mol. The number of hydrogen-bond acceptors (Lipinski definition) is 5. The van der Waals surface area contributed by atoms with E-state index in [0.29, 0.717) is 39.0 Å². The number of carboxylic acids is 1. The Morgan fingerprint density at radius 1 is 1.35 bits per heavy atom. The Hall–Kier alpha value is -0.690. The molecule has 20 heavy (non-hydrogen) atoms. The normalized spacial score (nSPS) is 20.8. The van der Waals surface area contributed by atoms with Gasteiger partial charge in [0.15, 0.2) is 0 Å². The summed E-state index contributed by atoms with van der Waals surface area (Å²) in [6, 6.07) is 0. The zero-order valence-electron chi connectivity index (χ0n) is 12.5. The third kappa shape index (κ3) is 5.01. The molecule has 1 rings (SSSR count). The Balaban J connectivity index is 2.26. The van der Waals surface area contributed by atoms with Crippen LogP contribution in [0.3, 0.4) is 0 Å². The highest BCUT2D eigenvalue weighted by Crippen LogP contribution is 2.35. The summed E-state index contributed by atoms with van der Waals surface area (Å²) in [5.74, 6) is -0.692. The Kier molecular flexibility index (Phi) is 7.43. The van der Waals surface area contributed by atoms with Crippen molar-refractivity contribution in [3.05, 3.63) is 0 Å². The van der Waals surface area contributed by atoms with Gasteiger partial charge in [-0.2, -0.15) is 0 Å². The number of rotatable bonds is 9. The second-order valence-corrected chi connectivity index (χ2v) is 5.46. The van der Waals surface area contributed by atoms with Gasteiger partial charge < -0.3 is 24.6 Å². The maximum absolute atomic E-state index is 11.3. The average Bonchev–Trinajstić information content (AvgIpc) is 2.44. The van der Waals surface area contributed by atoms with Crippen LogP contribution < -0.4 is 0 Å². The minimum absolute atomic E-state index is 0.289. The molecule has 6 heteroatoms. The van der Waals surface area contributed by atoms with E-state index in [0.717, 1.165) is 13.1 Å². The fourth-order valence-electron chi connectivity index (χ4n) is 2.59. The van der Waals surface area contributed by atoms with E-state index in [1.807, 2.05) is 6.92 Å². The van der Waals surface area contributed by atoms with Gasteiger partial charge in [0.2, 0.25) is 0 Å². The molecule has 1 aliphatic rings.